The second-order valence-corrected chi connectivity index (χ2v) is 5.26. The van der Waals surface area contributed by atoms with Crippen molar-refractivity contribution < 1.29 is 9.15 Å². The van der Waals surface area contributed by atoms with Crippen molar-refractivity contribution in [3.63, 3.8) is 0 Å². The SMILES string of the molecule is COCc1ncn(Cc2nc(-c3cccc(Cl)c3)oc2C)n1. The number of hydrogen-bond acceptors (Lipinski definition) is 5. The minimum Gasteiger partial charge on any atom is -0.441 e. The van der Waals surface area contributed by atoms with Gasteiger partial charge in [-0.25, -0.2) is 14.6 Å². The van der Waals surface area contributed by atoms with Gasteiger partial charge in [0.25, 0.3) is 0 Å². The Morgan fingerprint density at radius 2 is 2.23 bits per heavy atom. The zero-order valence-corrected chi connectivity index (χ0v) is 13.0. The van der Waals surface area contributed by atoms with Crippen LogP contribution in [0.2, 0.25) is 5.02 Å². The van der Waals surface area contributed by atoms with Gasteiger partial charge in [-0.15, -0.1) is 0 Å². The molecular weight excluding hydrogens is 304 g/mol. The van der Waals surface area contributed by atoms with E-state index in [-0.39, 0.29) is 0 Å². The Kier molecular flexibility index (Phi) is 4.22. The Hall–Kier alpha value is -2.18. The summed E-state index contributed by atoms with van der Waals surface area (Å²) in [7, 11) is 1.61. The van der Waals surface area contributed by atoms with Crippen LogP contribution in [0.5, 0.6) is 0 Å². The fraction of sp³-hybridized carbons (Fsp3) is 0.267. The van der Waals surface area contributed by atoms with Gasteiger partial charge in [0.2, 0.25) is 5.89 Å². The third kappa shape index (κ3) is 3.18. The first kappa shape index (κ1) is 14.7. The van der Waals surface area contributed by atoms with Gasteiger partial charge in [-0.2, -0.15) is 5.10 Å². The third-order valence-electron chi connectivity index (χ3n) is 3.13. The maximum Gasteiger partial charge on any atom is 0.226 e. The highest BCUT2D eigenvalue weighted by Crippen LogP contribution is 2.24. The lowest BCUT2D eigenvalue weighted by Gasteiger charge is -1.97. The first-order valence-electron chi connectivity index (χ1n) is 6.75. The number of ether oxygens (including phenoxy) is 1. The van der Waals surface area contributed by atoms with Crippen molar-refractivity contribution in [2.75, 3.05) is 7.11 Å². The topological polar surface area (TPSA) is 66.0 Å². The summed E-state index contributed by atoms with van der Waals surface area (Å²) in [5.41, 5.74) is 1.66. The summed E-state index contributed by atoms with van der Waals surface area (Å²) in [6.45, 7) is 2.76. The number of methoxy groups -OCH3 is 1. The fourth-order valence-electron chi connectivity index (χ4n) is 2.08. The molecule has 0 aliphatic rings. The second kappa shape index (κ2) is 6.29. The summed E-state index contributed by atoms with van der Waals surface area (Å²) in [5, 5.41) is 4.96. The number of benzene rings is 1. The minimum absolute atomic E-state index is 0.387. The Morgan fingerprint density at radius 1 is 1.36 bits per heavy atom. The van der Waals surface area contributed by atoms with Gasteiger partial charge in [0, 0.05) is 17.7 Å². The number of aromatic nitrogens is 4. The van der Waals surface area contributed by atoms with E-state index in [4.69, 9.17) is 20.8 Å². The number of aryl methyl sites for hydroxylation is 1. The van der Waals surface area contributed by atoms with Gasteiger partial charge in [-0.3, -0.25) is 0 Å². The molecule has 1 aromatic carbocycles. The highest BCUT2D eigenvalue weighted by atomic mass is 35.5. The molecule has 6 nitrogen and oxygen atoms in total. The molecule has 114 valence electrons. The van der Waals surface area contributed by atoms with Crippen LogP contribution in [0.1, 0.15) is 17.3 Å². The van der Waals surface area contributed by atoms with Crippen LogP contribution in [0, 0.1) is 6.92 Å². The number of oxazole rings is 1. The molecule has 0 N–H and O–H groups in total. The first-order valence-corrected chi connectivity index (χ1v) is 7.13. The number of rotatable bonds is 5. The summed E-state index contributed by atoms with van der Waals surface area (Å²) >= 11 is 6.00. The van der Waals surface area contributed by atoms with Crippen LogP contribution in [-0.2, 0) is 17.9 Å². The van der Waals surface area contributed by atoms with Crippen molar-refractivity contribution in [3.05, 3.63) is 52.9 Å². The maximum atomic E-state index is 6.00. The summed E-state index contributed by atoms with van der Waals surface area (Å²) in [5.74, 6) is 1.93. The van der Waals surface area contributed by atoms with E-state index in [2.05, 4.69) is 15.1 Å². The number of nitrogens with zero attached hydrogens (tertiary/aromatic N) is 4. The molecule has 2 heterocycles. The average Bonchev–Trinajstić information content (AvgIpc) is 3.08. The Bertz CT molecular complexity index is 781. The second-order valence-electron chi connectivity index (χ2n) is 4.82. The lowest BCUT2D eigenvalue weighted by molar-refractivity contribution is 0.177. The van der Waals surface area contributed by atoms with Crippen LogP contribution >= 0.6 is 11.6 Å². The molecule has 3 aromatic rings. The molecular formula is C15H15ClN4O2. The molecule has 3 rings (SSSR count). The van der Waals surface area contributed by atoms with Crippen LogP contribution in [0.3, 0.4) is 0 Å². The largest absolute Gasteiger partial charge is 0.441 e. The zero-order chi connectivity index (χ0) is 15.5. The molecule has 0 saturated heterocycles. The highest BCUT2D eigenvalue weighted by molar-refractivity contribution is 6.30. The minimum atomic E-state index is 0.387. The summed E-state index contributed by atoms with van der Waals surface area (Å²) < 4.78 is 12.4. The van der Waals surface area contributed by atoms with E-state index in [0.29, 0.717) is 29.9 Å². The Balaban J connectivity index is 1.82. The van der Waals surface area contributed by atoms with E-state index in [0.717, 1.165) is 17.0 Å². The van der Waals surface area contributed by atoms with Crippen molar-refractivity contribution >= 4 is 11.6 Å². The van der Waals surface area contributed by atoms with Gasteiger partial charge in [0.15, 0.2) is 5.82 Å². The molecule has 0 unspecified atom stereocenters. The standard InChI is InChI=1S/C15H15ClN4O2/c1-10-13(7-20-9-17-14(19-20)8-21-2)18-15(22-10)11-4-3-5-12(16)6-11/h3-6,9H,7-8H2,1-2H3. The van der Waals surface area contributed by atoms with Crippen LogP contribution < -0.4 is 0 Å². The molecule has 0 atom stereocenters. The van der Waals surface area contributed by atoms with E-state index < -0.39 is 0 Å². The van der Waals surface area contributed by atoms with Crippen molar-refractivity contribution in [3.8, 4) is 11.5 Å². The predicted octanol–water partition coefficient (Wildman–Crippen LogP) is 3.09. The van der Waals surface area contributed by atoms with Gasteiger partial charge in [-0.05, 0) is 25.1 Å². The van der Waals surface area contributed by atoms with Gasteiger partial charge in [-0.1, -0.05) is 17.7 Å². The van der Waals surface area contributed by atoms with E-state index in [1.165, 1.54) is 0 Å². The molecule has 0 bridgehead atoms. The lowest BCUT2D eigenvalue weighted by Crippen LogP contribution is -2.03. The monoisotopic (exact) mass is 318 g/mol. The van der Waals surface area contributed by atoms with Gasteiger partial charge in [0.1, 0.15) is 24.4 Å². The van der Waals surface area contributed by atoms with Gasteiger partial charge in [0.05, 0.1) is 6.54 Å². The molecule has 0 aliphatic heterocycles. The van der Waals surface area contributed by atoms with Crippen molar-refractivity contribution in [1.82, 2.24) is 19.7 Å². The quantitative estimate of drug-likeness (QED) is 0.723. The average molecular weight is 319 g/mol. The van der Waals surface area contributed by atoms with Crippen LogP contribution in [0.15, 0.2) is 35.0 Å². The molecule has 2 aromatic heterocycles. The van der Waals surface area contributed by atoms with E-state index in [9.17, 15) is 0 Å². The third-order valence-corrected chi connectivity index (χ3v) is 3.37. The molecule has 0 aliphatic carbocycles. The van der Waals surface area contributed by atoms with E-state index in [1.807, 2.05) is 31.2 Å². The fourth-order valence-corrected chi connectivity index (χ4v) is 2.27. The molecule has 0 spiro atoms. The summed E-state index contributed by atoms with van der Waals surface area (Å²) in [4.78, 5) is 8.69. The van der Waals surface area contributed by atoms with Crippen LogP contribution in [0.25, 0.3) is 11.5 Å². The first-order chi connectivity index (χ1) is 10.7. The van der Waals surface area contributed by atoms with Gasteiger partial charge >= 0.3 is 0 Å². The molecule has 0 amide bonds. The van der Waals surface area contributed by atoms with E-state index >= 15 is 0 Å². The smallest absolute Gasteiger partial charge is 0.226 e. The predicted molar refractivity (Wildman–Crippen MR) is 81.5 cm³/mol. The maximum absolute atomic E-state index is 6.00. The van der Waals surface area contributed by atoms with Crippen LogP contribution in [0.4, 0.5) is 0 Å². The van der Waals surface area contributed by atoms with Crippen molar-refractivity contribution in [2.24, 2.45) is 0 Å². The highest BCUT2D eigenvalue weighted by Gasteiger charge is 2.13. The van der Waals surface area contributed by atoms with Crippen LogP contribution in [-0.4, -0.2) is 26.9 Å². The number of halogens is 1. The lowest BCUT2D eigenvalue weighted by atomic mass is 10.2. The molecule has 7 heteroatoms. The number of hydrogen-bond donors (Lipinski definition) is 0. The molecule has 22 heavy (non-hydrogen) atoms. The molecule has 0 radical (unpaired) electrons. The van der Waals surface area contributed by atoms with Gasteiger partial charge < -0.3 is 9.15 Å². The van der Waals surface area contributed by atoms with Crippen molar-refractivity contribution in [2.45, 2.75) is 20.1 Å². The summed E-state index contributed by atoms with van der Waals surface area (Å²) in [6, 6.07) is 7.41. The Morgan fingerprint density at radius 3 is 3.00 bits per heavy atom. The Labute approximate surface area is 132 Å². The van der Waals surface area contributed by atoms with Crippen molar-refractivity contribution in [1.29, 1.82) is 0 Å². The van der Waals surface area contributed by atoms with E-state index in [1.54, 1.807) is 18.1 Å². The summed E-state index contributed by atoms with van der Waals surface area (Å²) in [6.07, 6.45) is 1.65. The zero-order valence-electron chi connectivity index (χ0n) is 12.3. The molecule has 0 saturated carbocycles. The normalized spacial score (nSPS) is 11.0. The molecule has 0 fully saturated rings.